The molecular formula is C14H13BO2. The zero-order valence-electron chi connectivity index (χ0n) is 9.56. The number of ether oxygens (including phenoxy) is 1. The molecule has 0 amide bonds. The van der Waals surface area contributed by atoms with Crippen LogP contribution in [0, 0.1) is 0 Å². The summed E-state index contributed by atoms with van der Waals surface area (Å²) < 4.78 is 4.97. The van der Waals surface area contributed by atoms with Crippen molar-refractivity contribution in [2.24, 2.45) is 0 Å². The third-order valence-corrected chi connectivity index (χ3v) is 2.36. The number of carbonyl (C=O) groups is 1. The number of rotatable bonds is 3. The molecule has 84 valence electrons. The molecule has 0 saturated carbocycles. The normalized spacial score (nSPS) is 9.41. The fourth-order valence-electron chi connectivity index (χ4n) is 1.54. The Morgan fingerprint density at radius 1 is 1.18 bits per heavy atom. The highest BCUT2D eigenvalue weighted by atomic mass is 16.5. The molecule has 2 aromatic rings. The van der Waals surface area contributed by atoms with Crippen LogP contribution in [-0.4, -0.2) is 14.4 Å². The van der Waals surface area contributed by atoms with Crippen LogP contribution in [0.25, 0.3) is 10.8 Å². The van der Waals surface area contributed by atoms with Crippen LogP contribution in [0.3, 0.4) is 0 Å². The molecule has 0 fully saturated rings. The van der Waals surface area contributed by atoms with Gasteiger partial charge in [-0.25, -0.2) is 4.79 Å². The Labute approximate surface area is 102 Å². The van der Waals surface area contributed by atoms with Gasteiger partial charge >= 0.3 is 5.97 Å². The molecule has 2 aromatic carbocycles. The number of carbonyl (C=O) groups excluding carboxylic acids is 1. The molecule has 0 aromatic heterocycles. The van der Waals surface area contributed by atoms with Crippen LogP contribution in [0.1, 0.15) is 5.56 Å². The first kappa shape index (κ1) is 13.0. The first-order valence-corrected chi connectivity index (χ1v) is 5.06. The van der Waals surface area contributed by atoms with E-state index in [2.05, 4.69) is 12.6 Å². The minimum absolute atomic E-state index is 0. The third kappa shape index (κ3) is 3.21. The highest BCUT2D eigenvalue weighted by molar-refractivity contribution is 5.83. The van der Waals surface area contributed by atoms with Crippen LogP contribution in [0.15, 0.2) is 55.1 Å². The van der Waals surface area contributed by atoms with Gasteiger partial charge in [0.2, 0.25) is 0 Å². The molecule has 2 radical (unpaired) electrons. The standard InChI is InChI=1S/C14H12O2.BH/c1-2-14(15)16-10-11-7-8-12-5-3-4-6-13(12)9-11;/h2-9H,1,10H2;1H. The quantitative estimate of drug-likeness (QED) is 0.454. The summed E-state index contributed by atoms with van der Waals surface area (Å²) >= 11 is 0. The van der Waals surface area contributed by atoms with Crippen molar-refractivity contribution >= 4 is 25.2 Å². The van der Waals surface area contributed by atoms with Crippen LogP contribution >= 0.6 is 0 Å². The second-order valence-electron chi connectivity index (χ2n) is 3.49. The topological polar surface area (TPSA) is 26.3 Å². The lowest BCUT2D eigenvalue weighted by Crippen LogP contribution is -1.99. The molecule has 0 atom stereocenters. The lowest BCUT2D eigenvalue weighted by atomic mass is 10.1. The van der Waals surface area contributed by atoms with Crippen molar-refractivity contribution in [1.82, 2.24) is 0 Å². The van der Waals surface area contributed by atoms with E-state index >= 15 is 0 Å². The molecule has 0 aliphatic carbocycles. The molecule has 3 heteroatoms. The summed E-state index contributed by atoms with van der Waals surface area (Å²) in [5.41, 5.74) is 0.980. The zero-order valence-corrected chi connectivity index (χ0v) is 9.56. The van der Waals surface area contributed by atoms with Crippen LogP contribution in [0.4, 0.5) is 0 Å². The van der Waals surface area contributed by atoms with Gasteiger partial charge in [-0.15, -0.1) is 0 Å². The number of hydrogen-bond acceptors (Lipinski definition) is 2. The van der Waals surface area contributed by atoms with E-state index in [1.165, 1.54) is 11.5 Å². The van der Waals surface area contributed by atoms with E-state index in [0.717, 1.165) is 10.9 Å². The minimum atomic E-state index is -0.395. The number of fused-ring (bicyclic) bond motifs is 1. The molecule has 0 heterocycles. The fraction of sp³-hybridized carbons (Fsp3) is 0.0714. The van der Waals surface area contributed by atoms with E-state index in [9.17, 15) is 4.79 Å². The minimum Gasteiger partial charge on any atom is -0.458 e. The number of esters is 1. The molecule has 2 nitrogen and oxygen atoms in total. The van der Waals surface area contributed by atoms with E-state index in [4.69, 9.17) is 4.74 Å². The smallest absolute Gasteiger partial charge is 0.330 e. The third-order valence-electron chi connectivity index (χ3n) is 2.36. The fourth-order valence-corrected chi connectivity index (χ4v) is 1.54. The Bertz CT molecular complexity index is 534. The van der Waals surface area contributed by atoms with Crippen LogP contribution < -0.4 is 0 Å². The van der Waals surface area contributed by atoms with Crippen molar-refractivity contribution < 1.29 is 9.53 Å². The molecule has 0 N–H and O–H groups in total. The highest BCUT2D eigenvalue weighted by Crippen LogP contribution is 2.16. The van der Waals surface area contributed by atoms with Crippen LogP contribution in [0.5, 0.6) is 0 Å². The van der Waals surface area contributed by atoms with Crippen molar-refractivity contribution in [2.45, 2.75) is 6.61 Å². The van der Waals surface area contributed by atoms with Gasteiger partial charge in [0.15, 0.2) is 0 Å². The van der Waals surface area contributed by atoms with Crippen molar-refractivity contribution in [3.05, 3.63) is 60.7 Å². The predicted octanol–water partition coefficient (Wildman–Crippen LogP) is 2.42. The maximum Gasteiger partial charge on any atom is 0.330 e. The number of benzene rings is 2. The first-order chi connectivity index (χ1) is 7.79. The maximum absolute atomic E-state index is 10.9. The Balaban J connectivity index is 0.00000144. The predicted molar refractivity (Wildman–Crippen MR) is 71.1 cm³/mol. The van der Waals surface area contributed by atoms with Gasteiger partial charge in [0.25, 0.3) is 0 Å². The summed E-state index contributed by atoms with van der Waals surface area (Å²) in [6, 6.07) is 14.1. The van der Waals surface area contributed by atoms with E-state index in [0.29, 0.717) is 0 Å². The van der Waals surface area contributed by atoms with Crippen molar-refractivity contribution in [3.8, 4) is 0 Å². The summed E-state index contributed by atoms with van der Waals surface area (Å²) in [6.07, 6.45) is 1.17. The molecule has 17 heavy (non-hydrogen) atoms. The molecule has 0 saturated heterocycles. The summed E-state index contributed by atoms with van der Waals surface area (Å²) in [6.45, 7) is 3.64. The van der Waals surface area contributed by atoms with Crippen molar-refractivity contribution in [1.29, 1.82) is 0 Å². The molecule has 0 spiro atoms. The summed E-state index contributed by atoms with van der Waals surface area (Å²) in [7, 11) is 0. The molecule has 0 bridgehead atoms. The largest absolute Gasteiger partial charge is 0.458 e. The second kappa shape index (κ2) is 5.90. The van der Waals surface area contributed by atoms with Gasteiger partial charge in [-0.1, -0.05) is 43.0 Å². The van der Waals surface area contributed by atoms with Gasteiger partial charge in [0.05, 0.1) is 0 Å². The van der Waals surface area contributed by atoms with Crippen molar-refractivity contribution in [2.75, 3.05) is 0 Å². The van der Waals surface area contributed by atoms with Gasteiger partial charge in [-0.2, -0.15) is 0 Å². The van der Waals surface area contributed by atoms with E-state index in [1.807, 2.05) is 36.4 Å². The van der Waals surface area contributed by atoms with Gasteiger partial charge < -0.3 is 4.74 Å². The Morgan fingerprint density at radius 3 is 2.59 bits per heavy atom. The monoisotopic (exact) mass is 224 g/mol. The Morgan fingerprint density at radius 2 is 1.88 bits per heavy atom. The summed E-state index contributed by atoms with van der Waals surface area (Å²) in [4.78, 5) is 10.9. The lowest BCUT2D eigenvalue weighted by molar-refractivity contribution is -0.138. The average Bonchev–Trinajstić information content (AvgIpc) is 2.35. The average molecular weight is 224 g/mol. The molecule has 0 aliphatic heterocycles. The van der Waals surface area contributed by atoms with E-state index in [-0.39, 0.29) is 15.0 Å². The maximum atomic E-state index is 10.9. The van der Waals surface area contributed by atoms with E-state index < -0.39 is 5.97 Å². The Hall–Kier alpha value is -2.03. The summed E-state index contributed by atoms with van der Waals surface area (Å²) in [5.74, 6) is -0.395. The Kier molecular flexibility index (Phi) is 4.52. The van der Waals surface area contributed by atoms with Crippen molar-refractivity contribution in [3.63, 3.8) is 0 Å². The molecule has 0 aliphatic rings. The van der Waals surface area contributed by atoms with E-state index in [1.54, 1.807) is 0 Å². The molecule has 0 unspecified atom stereocenters. The molecule has 2 rings (SSSR count). The molecular weight excluding hydrogens is 211 g/mol. The SMILES string of the molecule is C=CC(=O)OCc1ccc2ccccc2c1.[BH]. The highest BCUT2D eigenvalue weighted by Gasteiger charge is 1.99. The lowest BCUT2D eigenvalue weighted by Gasteiger charge is -2.04. The number of hydrogen-bond donors (Lipinski definition) is 0. The second-order valence-corrected chi connectivity index (χ2v) is 3.49. The van der Waals surface area contributed by atoms with Gasteiger partial charge in [-0.3, -0.25) is 0 Å². The van der Waals surface area contributed by atoms with Crippen LogP contribution in [-0.2, 0) is 16.1 Å². The zero-order chi connectivity index (χ0) is 11.4. The van der Waals surface area contributed by atoms with Gasteiger partial charge in [0, 0.05) is 14.5 Å². The van der Waals surface area contributed by atoms with Crippen LogP contribution in [0.2, 0.25) is 0 Å². The van der Waals surface area contributed by atoms with Gasteiger partial charge in [-0.05, 0) is 22.4 Å². The van der Waals surface area contributed by atoms with Gasteiger partial charge in [0.1, 0.15) is 6.61 Å². The first-order valence-electron chi connectivity index (χ1n) is 5.06. The summed E-state index contributed by atoms with van der Waals surface area (Å²) in [5, 5.41) is 2.33.